The van der Waals surface area contributed by atoms with Crippen molar-refractivity contribution < 1.29 is 0 Å². The second kappa shape index (κ2) is 3.55. The van der Waals surface area contributed by atoms with Crippen LogP contribution >= 0.6 is 27.3 Å². The lowest BCUT2D eigenvalue weighted by Crippen LogP contribution is -1.99. The number of thiophene rings is 1. The predicted molar refractivity (Wildman–Crippen MR) is 53.6 cm³/mol. The van der Waals surface area contributed by atoms with E-state index in [1.54, 1.807) is 16.0 Å². The molecule has 2 aromatic rings. The van der Waals surface area contributed by atoms with Crippen molar-refractivity contribution >= 4 is 27.3 Å². The summed E-state index contributed by atoms with van der Waals surface area (Å²) in [5.74, 6) is 0.884. The average Bonchev–Trinajstić information content (AvgIpc) is 2.64. The lowest BCUT2D eigenvalue weighted by atomic mass is 10.3. The minimum Gasteiger partial charge on any atom is -0.232 e. The molecule has 0 saturated carbocycles. The molecule has 0 atom stereocenters. The second-order valence-electron chi connectivity index (χ2n) is 2.60. The molecule has 0 amide bonds. The molecule has 6 heteroatoms. The summed E-state index contributed by atoms with van der Waals surface area (Å²) in [5, 5.41) is 11.3. The van der Waals surface area contributed by atoms with Crippen molar-refractivity contribution in [1.29, 1.82) is 0 Å². The van der Waals surface area contributed by atoms with Crippen molar-refractivity contribution in [2.24, 2.45) is 7.05 Å². The Bertz CT molecular complexity index is 408. The molecule has 68 valence electrons. The molecule has 0 bridgehead atoms. The van der Waals surface area contributed by atoms with Gasteiger partial charge in [-0.15, -0.1) is 16.4 Å². The zero-order valence-electron chi connectivity index (χ0n) is 6.94. The smallest absolute Gasteiger partial charge is 0.156 e. The third-order valence-electron chi connectivity index (χ3n) is 1.67. The van der Waals surface area contributed by atoms with Gasteiger partial charge in [0, 0.05) is 18.3 Å². The minimum absolute atomic E-state index is 0.791. The Kier molecular flexibility index (Phi) is 2.41. The molecule has 0 aliphatic carbocycles. The Balaban J connectivity index is 2.19. The Morgan fingerprint density at radius 2 is 2.38 bits per heavy atom. The molecule has 13 heavy (non-hydrogen) atoms. The van der Waals surface area contributed by atoms with Crippen molar-refractivity contribution in [2.75, 3.05) is 0 Å². The molecule has 2 heterocycles. The van der Waals surface area contributed by atoms with Crippen molar-refractivity contribution in [3.8, 4) is 0 Å². The van der Waals surface area contributed by atoms with Crippen LogP contribution < -0.4 is 0 Å². The quantitative estimate of drug-likeness (QED) is 0.823. The molecule has 0 N–H and O–H groups in total. The van der Waals surface area contributed by atoms with Gasteiger partial charge >= 0.3 is 0 Å². The Morgan fingerprint density at radius 1 is 1.54 bits per heavy atom. The lowest BCUT2D eigenvalue weighted by Gasteiger charge is -1.94. The summed E-state index contributed by atoms with van der Waals surface area (Å²) in [7, 11) is 1.85. The molecule has 0 aromatic carbocycles. The lowest BCUT2D eigenvalue weighted by molar-refractivity contribution is 0.687. The van der Waals surface area contributed by atoms with Crippen LogP contribution in [-0.2, 0) is 13.5 Å². The summed E-state index contributed by atoms with van der Waals surface area (Å²) >= 11 is 5.12. The van der Waals surface area contributed by atoms with Crippen LogP contribution in [0.4, 0.5) is 0 Å². The Hall–Kier alpha value is -0.750. The van der Waals surface area contributed by atoms with Gasteiger partial charge in [-0.3, -0.25) is 0 Å². The summed E-state index contributed by atoms with van der Waals surface area (Å²) in [6, 6.07) is 4.10. The molecule has 4 nitrogen and oxygen atoms in total. The largest absolute Gasteiger partial charge is 0.232 e. The van der Waals surface area contributed by atoms with Gasteiger partial charge in [0.25, 0.3) is 0 Å². The molecule has 0 unspecified atom stereocenters. The van der Waals surface area contributed by atoms with Crippen molar-refractivity contribution in [3.63, 3.8) is 0 Å². The van der Waals surface area contributed by atoms with Gasteiger partial charge in [0.15, 0.2) is 5.82 Å². The topological polar surface area (TPSA) is 43.6 Å². The first-order chi connectivity index (χ1) is 6.25. The maximum absolute atomic E-state index is 3.91. The van der Waals surface area contributed by atoms with Crippen LogP contribution in [0.3, 0.4) is 0 Å². The number of aryl methyl sites for hydroxylation is 1. The summed E-state index contributed by atoms with van der Waals surface area (Å²) in [4.78, 5) is 1.25. The van der Waals surface area contributed by atoms with E-state index in [9.17, 15) is 0 Å². The van der Waals surface area contributed by atoms with Gasteiger partial charge in [0.2, 0.25) is 0 Å². The maximum atomic E-state index is 3.91. The minimum atomic E-state index is 0.791. The van der Waals surface area contributed by atoms with Crippen LogP contribution in [0.15, 0.2) is 15.9 Å². The van der Waals surface area contributed by atoms with E-state index in [1.165, 1.54) is 4.88 Å². The van der Waals surface area contributed by atoms with Crippen LogP contribution in [-0.4, -0.2) is 20.2 Å². The van der Waals surface area contributed by atoms with Crippen molar-refractivity contribution in [1.82, 2.24) is 20.2 Å². The predicted octanol–water partition coefficient (Wildman–Crippen LogP) is 1.62. The first-order valence-corrected chi connectivity index (χ1v) is 5.32. The normalized spacial score (nSPS) is 10.6. The summed E-state index contributed by atoms with van der Waals surface area (Å²) in [6.07, 6.45) is 0.791. The van der Waals surface area contributed by atoms with E-state index in [0.717, 1.165) is 16.0 Å². The second-order valence-corrected chi connectivity index (χ2v) is 5.15. The van der Waals surface area contributed by atoms with Gasteiger partial charge in [-0.05, 0) is 38.5 Å². The van der Waals surface area contributed by atoms with E-state index >= 15 is 0 Å². The van der Waals surface area contributed by atoms with Crippen LogP contribution in [0.5, 0.6) is 0 Å². The van der Waals surface area contributed by atoms with Gasteiger partial charge < -0.3 is 0 Å². The number of hydrogen-bond donors (Lipinski definition) is 0. The van der Waals surface area contributed by atoms with E-state index in [0.29, 0.717) is 0 Å². The molecule has 0 radical (unpaired) electrons. The van der Waals surface area contributed by atoms with Crippen LogP contribution in [0.25, 0.3) is 0 Å². The highest BCUT2D eigenvalue weighted by molar-refractivity contribution is 9.11. The van der Waals surface area contributed by atoms with E-state index in [2.05, 4.69) is 37.5 Å². The van der Waals surface area contributed by atoms with Gasteiger partial charge in [-0.2, -0.15) is 0 Å². The number of halogens is 1. The number of hydrogen-bond acceptors (Lipinski definition) is 4. The van der Waals surface area contributed by atoms with Crippen LogP contribution in [0.2, 0.25) is 0 Å². The van der Waals surface area contributed by atoms with E-state index in [1.807, 2.05) is 13.1 Å². The first-order valence-electron chi connectivity index (χ1n) is 3.71. The van der Waals surface area contributed by atoms with Gasteiger partial charge in [0.05, 0.1) is 3.79 Å². The molecular formula is C7H7BrN4S. The standard InChI is InChI=1S/C7H7BrN4S/c1-12-7(9-10-11-12)4-5-2-3-6(8)13-5/h2-3H,4H2,1H3. The molecule has 0 spiro atoms. The number of rotatable bonds is 2. The van der Waals surface area contributed by atoms with Crippen molar-refractivity contribution in [3.05, 3.63) is 26.6 Å². The first kappa shape index (κ1) is 8.83. The molecule has 2 aromatic heterocycles. The average molecular weight is 259 g/mol. The van der Waals surface area contributed by atoms with Gasteiger partial charge in [-0.25, -0.2) is 4.68 Å². The Morgan fingerprint density at radius 3 is 2.92 bits per heavy atom. The number of tetrazole rings is 1. The molecule has 0 aliphatic rings. The van der Waals surface area contributed by atoms with E-state index < -0.39 is 0 Å². The molecule has 2 rings (SSSR count). The van der Waals surface area contributed by atoms with Gasteiger partial charge in [-0.1, -0.05) is 0 Å². The fourth-order valence-electron chi connectivity index (χ4n) is 1.00. The maximum Gasteiger partial charge on any atom is 0.156 e. The SMILES string of the molecule is Cn1nnnc1Cc1ccc(Br)s1. The van der Waals surface area contributed by atoms with E-state index in [-0.39, 0.29) is 0 Å². The Labute approximate surface area is 87.7 Å². The number of aromatic nitrogens is 4. The highest BCUT2D eigenvalue weighted by atomic mass is 79.9. The van der Waals surface area contributed by atoms with Gasteiger partial charge in [0.1, 0.15) is 0 Å². The molecular weight excluding hydrogens is 252 g/mol. The highest BCUT2D eigenvalue weighted by Crippen LogP contribution is 2.23. The fourth-order valence-corrected chi connectivity index (χ4v) is 2.48. The summed E-state index contributed by atoms with van der Waals surface area (Å²) in [6.45, 7) is 0. The monoisotopic (exact) mass is 258 g/mol. The van der Waals surface area contributed by atoms with Crippen LogP contribution in [0, 0.1) is 0 Å². The van der Waals surface area contributed by atoms with Crippen molar-refractivity contribution in [2.45, 2.75) is 6.42 Å². The number of nitrogens with zero attached hydrogens (tertiary/aromatic N) is 4. The zero-order valence-corrected chi connectivity index (χ0v) is 9.34. The summed E-state index contributed by atoms with van der Waals surface area (Å²) < 4.78 is 2.82. The zero-order chi connectivity index (χ0) is 9.26. The highest BCUT2D eigenvalue weighted by Gasteiger charge is 2.05. The summed E-state index contributed by atoms with van der Waals surface area (Å²) in [5.41, 5.74) is 0. The third kappa shape index (κ3) is 1.94. The molecule has 0 fully saturated rings. The van der Waals surface area contributed by atoms with E-state index in [4.69, 9.17) is 0 Å². The molecule has 0 aliphatic heterocycles. The molecule has 0 saturated heterocycles. The third-order valence-corrected chi connectivity index (χ3v) is 3.29. The van der Waals surface area contributed by atoms with Crippen LogP contribution in [0.1, 0.15) is 10.7 Å². The fraction of sp³-hybridized carbons (Fsp3) is 0.286.